The SMILES string of the molecule is CCc1cc2c(cc1N1CCCc3cc(-c4cnn(C)c4)c(C(F)F)cc31)n(C)c(=O)n2C. The Hall–Kier alpha value is -3.42. The van der Waals surface area contributed by atoms with E-state index in [0.717, 1.165) is 59.3 Å². The monoisotopic (exact) mass is 451 g/mol. The van der Waals surface area contributed by atoms with Crippen LogP contribution in [0.25, 0.3) is 22.2 Å². The Balaban J connectivity index is 1.72. The van der Waals surface area contributed by atoms with Crippen LogP contribution in [0.1, 0.15) is 36.5 Å². The number of benzene rings is 2. The van der Waals surface area contributed by atoms with Crippen molar-refractivity contribution in [3.8, 4) is 11.1 Å². The average Bonchev–Trinajstić information content (AvgIpc) is 3.34. The Labute approximate surface area is 190 Å². The third kappa shape index (κ3) is 3.35. The standard InChI is InChI=1S/C25H27F2N5O/c1-5-15-10-22-23(31(4)25(33)30(22)3)12-21(15)32-8-6-7-16-9-18(17-13-28-29(2)14-17)19(24(26)27)11-20(16)32/h9-14,24H,5-8H2,1-4H3. The van der Waals surface area contributed by atoms with Crippen molar-refractivity contribution in [3.63, 3.8) is 0 Å². The maximum atomic E-state index is 14.2. The van der Waals surface area contributed by atoms with E-state index in [4.69, 9.17) is 0 Å². The number of aryl methyl sites for hydroxylation is 5. The molecular weight excluding hydrogens is 424 g/mol. The van der Waals surface area contributed by atoms with Crippen LogP contribution in [0, 0.1) is 0 Å². The number of imidazole rings is 1. The normalized spacial score (nSPS) is 13.8. The van der Waals surface area contributed by atoms with E-state index in [1.165, 1.54) is 0 Å². The first-order valence-corrected chi connectivity index (χ1v) is 11.2. The Morgan fingerprint density at radius 3 is 2.39 bits per heavy atom. The zero-order valence-electron chi connectivity index (χ0n) is 19.3. The largest absolute Gasteiger partial charge is 0.341 e. The molecule has 1 aliphatic rings. The van der Waals surface area contributed by atoms with Crippen molar-refractivity contribution < 1.29 is 8.78 Å². The van der Waals surface area contributed by atoms with Crippen LogP contribution >= 0.6 is 0 Å². The van der Waals surface area contributed by atoms with Crippen molar-refractivity contribution in [2.24, 2.45) is 21.1 Å². The number of aromatic nitrogens is 4. The second-order valence-corrected chi connectivity index (χ2v) is 8.75. The van der Waals surface area contributed by atoms with Gasteiger partial charge in [-0.15, -0.1) is 0 Å². The first kappa shape index (κ1) is 21.4. The van der Waals surface area contributed by atoms with Gasteiger partial charge in [0.1, 0.15) is 0 Å². The molecule has 2 aromatic carbocycles. The van der Waals surface area contributed by atoms with Gasteiger partial charge in [-0.3, -0.25) is 13.8 Å². The maximum Gasteiger partial charge on any atom is 0.328 e. The fraction of sp³-hybridized carbons (Fsp3) is 0.360. The number of halogens is 2. The molecule has 5 rings (SSSR count). The Morgan fingerprint density at radius 2 is 1.76 bits per heavy atom. The van der Waals surface area contributed by atoms with E-state index in [1.54, 1.807) is 53.4 Å². The first-order valence-electron chi connectivity index (χ1n) is 11.2. The topological polar surface area (TPSA) is 48.0 Å². The number of hydrogen-bond donors (Lipinski definition) is 0. The van der Waals surface area contributed by atoms with Gasteiger partial charge >= 0.3 is 5.69 Å². The third-order valence-corrected chi connectivity index (χ3v) is 6.76. The molecule has 0 fully saturated rings. The first-order chi connectivity index (χ1) is 15.8. The lowest BCUT2D eigenvalue weighted by Gasteiger charge is -2.34. The van der Waals surface area contributed by atoms with Gasteiger partial charge in [0.2, 0.25) is 0 Å². The second-order valence-electron chi connectivity index (χ2n) is 8.75. The summed E-state index contributed by atoms with van der Waals surface area (Å²) in [7, 11) is 5.32. The van der Waals surface area contributed by atoms with Gasteiger partial charge in [-0.1, -0.05) is 6.92 Å². The van der Waals surface area contributed by atoms with Crippen LogP contribution in [-0.2, 0) is 34.0 Å². The fourth-order valence-electron chi connectivity index (χ4n) is 5.00. The minimum Gasteiger partial charge on any atom is -0.341 e. The molecule has 0 radical (unpaired) electrons. The number of alkyl halides is 2. The highest BCUT2D eigenvalue weighted by atomic mass is 19.3. The van der Waals surface area contributed by atoms with Gasteiger partial charge < -0.3 is 4.90 Å². The van der Waals surface area contributed by atoms with Crippen LogP contribution in [-0.4, -0.2) is 25.5 Å². The molecule has 0 N–H and O–H groups in total. The van der Waals surface area contributed by atoms with Crippen molar-refractivity contribution >= 4 is 22.4 Å². The Kier molecular flexibility index (Phi) is 5.11. The number of fused-ring (bicyclic) bond motifs is 2. The van der Waals surface area contributed by atoms with Crippen LogP contribution in [0.2, 0.25) is 0 Å². The zero-order chi connectivity index (χ0) is 23.4. The summed E-state index contributed by atoms with van der Waals surface area (Å²) in [6.45, 7) is 2.81. The summed E-state index contributed by atoms with van der Waals surface area (Å²) in [5.41, 5.74) is 6.81. The molecule has 0 spiro atoms. The lowest BCUT2D eigenvalue weighted by Crippen LogP contribution is -2.26. The van der Waals surface area contributed by atoms with Crippen LogP contribution in [0.5, 0.6) is 0 Å². The van der Waals surface area contributed by atoms with Gasteiger partial charge in [-0.05, 0) is 60.2 Å². The van der Waals surface area contributed by atoms with Gasteiger partial charge in [-0.25, -0.2) is 13.6 Å². The van der Waals surface area contributed by atoms with E-state index in [1.807, 2.05) is 12.1 Å². The molecule has 2 aromatic heterocycles. The molecule has 3 heterocycles. The molecule has 0 unspecified atom stereocenters. The molecule has 6 nitrogen and oxygen atoms in total. The summed E-state index contributed by atoms with van der Waals surface area (Å²) in [6, 6.07) is 7.64. The summed E-state index contributed by atoms with van der Waals surface area (Å²) in [5.74, 6) is 0. The van der Waals surface area contributed by atoms with E-state index in [-0.39, 0.29) is 11.3 Å². The van der Waals surface area contributed by atoms with Crippen molar-refractivity contribution in [2.75, 3.05) is 11.4 Å². The smallest absolute Gasteiger partial charge is 0.328 e. The van der Waals surface area contributed by atoms with E-state index in [0.29, 0.717) is 11.1 Å². The Bertz CT molecular complexity index is 1430. The van der Waals surface area contributed by atoms with Crippen LogP contribution < -0.4 is 10.6 Å². The van der Waals surface area contributed by atoms with E-state index < -0.39 is 6.43 Å². The van der Waals surface area contributed by atoms with Crippen molar-refractivity contribution in [3.05, 3.63) is 63.8 Å². The molecule has 0 atom stereocenters. The second kappa shape index (κ2) is 7.86. The molecule has 0 saturated heterocycles. The highest BCUT2D eigenvalue weighted by Crippen LogP contribution is 2.42. The van der Waals surface area contributed by atoms with Gasteiger partial charge in [0.25, 0.3) is 6.43 Å². The van der Waals surface area contributed by atoms with E-state index >= 15 is 0 Å². The van der Waals surface area contributed by atoms with Gasteiger partial charge in [0.05, 0.1) is 17.2 Å². The minimum absolute atomic E-state index is 0.0138. The molecular formula is C25H27F2N5O. The fourth-order valence-corrected chi connectivity index (χ4v) is 5.00. The van der Waals surface area contributed by atoms with Gasteiger partial charge in [0, 0.05) is 56.4 Å². The minimum atomic E-state index is -2.60. The summed E-state index contributed by atoms with van der Waals surface area (Å²) in [6.07, 6.45) is 3.33. The molecule has 0 aliphatic carbocycles. The highest BCUT2D eigenvalue weighted by Gasteiger charge is 2.26. The maximum absolute atomic E-state index is 14.2. The Morgan fingerprint density at radius 1 is 1.03 bits per heavy atom. The summed E-state index contributed by atoms with van der Waals surface area (Å²) >= 11 is 0. The predicted octanol–water partition coefficient (Wildman–Crippen LogP) is 4.86. The molecule has 33 heavy (non-hydrogen) atoms. The van der Waals surface area contributed by atoms with Crippen LogP contribution in [0.15, 0.2) is 41.5 Å². The van der Waals surface area contributed by atoms with E-state index in [9.17, 15) is 13.6 Å². The summed E-state index contributed by atoms with van der Waals surface area (Å²) in [5, 5.41) is 4.17. The van der Waals surface area contributed by atoms with Crippen molar-refractivity contribution in [1.82, 2.24) is 18.9 Å². The summed E-state index contributed by atoms with van der Waals surface area (Å²) in [4.78, 5) is 14.6. The zero-order valence-corrected chi connectivity index (χ0v) is 19.3. The molecule has 0 bridgehead atoms. The molecule has 4 aromatic rings. The third-order valence-electron chi connectivity index (χ3n) is 6.76. The predicted molar refractivity (Wildman–Crippen MR) is 126 cm³/mol. The molecule has 1 aliphatic heterocycles. The van der Waals surface area contributed by atoms with E-state index in [2.05, 4.69) is 23.0 Å². The van der Waals surface area contributed by atoms with Crippen molar-refractivity contribution in [2.45, 2.75) is 32.6 Å². The molecule has 172 valence electrons. The highest BCUT2D eigenvalue weighted by molar-refractivity contribution is 5.86. The van der Waals surface area contributed by atoms with Crippen molar-refractivity contribution in [1.29, 1.82) is 0 Å². The van der Waals surface area contributed by atoms with Gasteiger partial charge in [0.15, 0.2) is 0 Å². The number of hydrogen-bond acceptors (Lipinski definition) is 3. The molecule has 0 saturated carbocycles. The van der Waals surface area contributed by atoms with Crippen LogP contribution in [0.3, 0.4) is 0 Å². The number of nitrogens with zero attached hydrogens (tertiary/aromatic N) is 5. The molecule has 8 heteroatoms. The quantitative estimate of drug-likeness (QED) is 0.445. The number of rotatable bonds is 4. The summed E-state index contributed by atoms with van der Waals surface area (Å²) < 4.78 is 33.3. The number of anilines is 2. The molecule has 0 amide bonds. The lowest BCUT2D eigenvalue weighted by atomic mass is 9.92. The van der Waals surface area contributed by atoms with Crippen LogP contribution in [0.4, 0.5) is 20.2 Å². The lowest BCUT2D eigenvalue weighted by molar-refractivity contribution is 0.152. The average molecular weight is 452 g/mol. The van der Waals surface area contributed by atoms with Gasteiger partial charge in [-0.2, -0.15) is 5.10 Å².